The predicted molar refractivity (Wildman–Crippen MR) is 62.8 cm³/mol. The average molecular weight is 238 g/mol. The Kier molecular flexibility index (Phi) is 2.64. The molecule has 0 saturated heterocycles. The average Bonchev–Trinajstić information content (AvgIpc) is 2.50. The molecule has 1 heterocycles. The molecule has 2 aliphatic rings. The van der Waals surface area contributed by atoms with E-state index in [9.17, 15) is 9.90 Å². The van der Waals surface area contributed by atoms with Gasteiger partial charge in [0, 0.05) is 29.8 Å². The van der Waals surface area contributed by atoms with E-state index in [1.165, 1.54) is 0 Å². The predicted octanol–water partition coefficient (Wildman–Crippen LogP) is 2.63. The lowest BCUT2D eigenvalue weighted by Crippen LogP contribution is -2.25. The number of carbonyl (C=O) groups excluding carboxylic acids is 1. The third-order valence-electron chi connectivity index (χ3n) is 2.87. The molecule has 0 radical (unpaired) electrons. The highest BCUT2D eigenvalue weighted by Crippen LogP contribution is 2.33. The number of nitrogens with zero attached hydrogens (tertiary/aromatic N) is 1. The van der Waals surface area contributed by atoms with E-state index in [0.717, 1.165) is 5.70 Å². The zero-order valence-corrected chi connectivity index (χ0v) is 9.88. The molecule has 1 N–H and O–H groups in total. The standard InChI is InChI=1S/C12H12ClNO2/c1-7-11(15)9-6-8(14(2)12(7)16)4-3-5-10(9)13/h3-5,15H,6H2,1-2H3. The van der Waals surface area contributed by atoms with Crippen molar-refractivity contribution in [2.75, 3.05) is 7.05 Å². The Bertz CT molecular complexity index is 483. The molecule has 0 aromatic carbocycles. The van der Waals surface area contributed by atoms with Crippen LogP contribution in [0.3, 0.4) is 0 Å². The summed E-state index contributed by atoms with van der Waals surface area (Å²) in [6, 6.07) is 0. The van der Waals surface area contributed by atoms with Crippen LogP contribution >= 0.6 is 11.6 Å². The van der Waals surface area contributed by atoms with E-state index in [2.05, 4.69) is 0 Å². The lowest BCUT2D eigenvalue weighted by Gasteiger charge is -2.17. The summed E-state index contributed by atoms with van der Waals surface area (Å²) in [5, 5.41) is 10.5. The van der Waals surface area contributed by atoms with Crippen LogP contribution in [0.25, 0.3) is 0 Å². The minimum absolute atomic E-state index is 0.00296. The van der Waals surface area contributed by atoms with Gasteiger partial charge in [0.2, 0.25) is 0 Å². The van der Waals surface area contributed by atoms with Gasteiger partial charge in [-0.2, -0.15) is 0 Å². The maximum atomic E-state index is 11.9. The van der Waals surface area contributed by atoms with E-state index in [0.29, 0.717) is 22.6 Å². The first-order valence-corrected chi connectivity index (χ1v) is 5.34. The number of rotatable bonds is 0. The van der Waals surface area contributed by atoms with Crippen molar-refractivity contribution in [3.63, 3.8) is 0 Å². The summed E-state index contributed by atoms with van der Waals surface area (Å²) in [5.74, 6) is -0.199. The molecule has 0 unspecified atom stereocenters. The van der Waals surface area contributed by atoms with Crippen LogP contribution in [-0.2, 0) is 4.79 Å². The van der Waals surface area contributed by atoms with Gasteiger partial charge in [-0.25, -0.2) is 0 Å². The quantitative estimate of drug-likeness (QED) is 0.704. The fourth-order valence-corrected chi connectivity index (χ4v) is 2.03. The number of hydrogen-bond acceptors (Lipinski definition) is 2. The molecule has 16 heavy (non-hydrogen) atoms. The van der Waals surface area contributed by atoms with Crippen LogP contribution in [0.2, 0.25) is 0 Å². The van der Waals surface area contributed by atoms with Crippen molar-refractivity contribution in [3.05, 3.63) is 45.9 Å². The van der Waals surface area contributed by atoms with Crippen molar-refractivity contribution in [3.8, 4) is 0 Å². The van der Waals surface area contributed by atoms with Crippen LogP contribution in [0.15, 0.2) is 45.9 Å². The Balaban J connectivity index is 2.68. The fourth-order valence-electron chi connectivity index (χ4n) is 1.81. The topological polar surface area (TPSA) is 40.5 Å². The number of amides is 1. The van der Waals surface area contributed by atoms with Crippen LogP contribution in [0.1, 0.15) is 13.3 Å². The Morgan fingerprint density at radius 3 is 2.88 bits per heavy atom. The first-order chi connectivity index (χ1) is 7.52. The van der Waals surface area contributed by atoms with Crippen LogP contribution < -0.4 is 0 Å². The molecule has 1 amide bonds. The normalized spacial score (nSPS) is 21.1. The number of likely N-dealkylation sites (N-methyl/N-ethyl adjacent to an activating group) is 1. The number of aliphatic hydroxyl groups is 1. The van der Waals surface area contributed by atoms with Gasteiger partial charge >= 0.3 is 0 Å². The number of hydrogen-bond donors (Lipinski definition) is 1. The highest BCUT2D eigenvalue weighted by Gasteiger charge is 2.27. The number of allylic oxidation sites excluding steroid dienone is 6. The molecule has 0 fully saturated rings. The second kappa shape index (κ2) is 3.83. The molecule has 2 bridgehead atoms. The van der Waals surface area contributed by atoms with Gasteiger partial charge in [-0.1, -0.05) is 17.7 Å². The lowest BCUT2D eigenvalue weighted by molar-refractivity contribution is -0.124. The maximum Gasteiger partial charge on any atom is 0.257 e. The molecule has 0 spiro atoms. The van der Waals surface area contributed by atoms with E-state index >= 15 is 0 Å². The molecule has 3 nitrogen and oxygen atoms in total. The lowest BCUT2D eigenvalue weighted by atomic mass is 10.1. The summed E-state index contributed by atoms with van der Waals surface area (Å²) >= 11 is 6.05. The zero-order chi connectivity index (χ0) is 11.9. The van der Waals surface area contributed by atoms with E-state index in [1.807, 2.05) is 6.08 Å². The van der Waals surface area contributed by atoms with Gasteiger partial charge in [0.05, 0.1) is 5.57 Å². The monoisotopic (exact) mass is 237 g/mol. The molecular formula is C12H12ClNO2. The molecule has 0 atom stereocenters. The van der Waals surface area contributed by atoms with Gasteiger partial charge in [-0.05, 0) is 19.1 Å². The van der Waals surface area contributed by atoms with Gasteiger partial charge in [-0.3, -0.25) is 4.79 Å². The van der Waals surface area contributed by atoms with E-state index in [-0.39, 0.29) is 11.7 Å². The van der Waals surface area contributed by atoms with Crippen molar-refractivity contribution >= 4 is 17.5 Å². The zero-order valence-electron chi connectivity index (χ0n) is 9.12. The van der Waals surface area contributed by atoms with Crippen molar-refractivity contribution in [2.45, 2.75) is 13.3 Å². The summed E-state index contributed by atoms with van der Waals surface area (Å²) < 4.78 is 0. The van der Waals surface area contributed by atoms with Crippen LogP contribution in [0, 0.1) is 0 Å². The molecular weight excluding hydrogens is 226 g/mol. The van der Waals surface area contributed by atoms with Crippen molar-refractivity contribution < 1.29 is 9.90 Å². The second-order valence-corrected chi connectivity index (χ2v) is 4.27. The van der Waals surface area contributed by atoms with Crippen molar-refractivity contribution in [1.29, 1.82) is 0 Å². The molecule has 0 aromatic heterocycles. The number of aliphatic hydroxyl groups excluding tert-OH is 1. The number of halogens is 1. The second-order valence-electron chi connectivity index (χ2n) is 3.86. The summed E-state index contributed by atoms with van der Waals surface area (Å²) in [5.41, 5.74) is 1.77. The van der Waals surface area contributed by atoms with Gasteiger partial charge in [0.15, 0.2) is 0 Å². The Labute approximate surface area is 99.0 Å². The molecule has 2 rings (SSSR count). The minimum Gasteiger partial charge on any atom is -0.507 e. The third kappa shape index (κ3) is 1.57. The maximum absolute atomic E-state index is 11.9. The molecule has 4 heteroatoms. The van der Waals surface area contributed by atoms with Crippen LogP contribution in [-0.4, -0.2) is 23.0 Å². The van der Waals surface area contributed by atoms with E-state index in [1.54, 1.807) is 31.0 Å². The third-order valence-corrected chi connectivity index (χ3v) is 3.23. The van der Waals surface area contributed by atoms with Gasteiger partial charge < -0.3 is 10.0 Å². The SMILES string of the molecule is CC1=C(O)C2=C(Cl)C=CC=C(C2)N(C)C1=O. The molecule has 1 aliphatic carbocycles. The molecule has 0 aromatic rings. The van der Waals surface area contributed by atoms with Crippen molar-refractivity contribution in [1.82, 2.24) is 4.90 Å². The highest BCUT2D eigenvalue weighted by molar-refractivity contribution is 6.32. The van der Waals surface area contributed by atoms with Crippen LogP contribution in [0.5, 0.6) is 0 Å². The summed E-state index contributed by atoms with van der Waals surface area (Å²) in [6.45, 7) is 1.60. The smallest absolute Gasteiger partial charge is 0.257 e. The first kappa shape index (κ1) is 11.0. The number of fused-ring (bicyclic) bond motifs is 2. The molecule has 84 valence electrons. The summed E-state index contributed by atoms with van der Waals surface area (Å²) in [7, 11) is 1.70. The van der Waals surface area contributed by atoms with Crippen molar-refractivity contribution in [2.24, 2.45) is 0 Å². The minimum atomic E-state index is -0.196. The van der Waals surface area contributed by atoms with E-state index < -0.39 is 0 Å². The Morgan fingerprint density at radius 2 is 2.19 bits per heavy atom. The Hall–Kier alpha value is -1.48. The fraction of sp³-hybridized carbons (Fsp3) is 0.250. The first-order valence-electron chi connectivity index (χ1n) is 4.96. The Morgan fingerprint density at radius 1 is 1.50 bits per heavy atom. The van der Waals surface area contributed by atoms with Gasteiger partial charge in [0.25, 0.3) is 5.91 Å². The molecule has 1 aliphatic heterocycles. The number of carbonyl (C=O) groups is 1. The van der Waals surface area contributed by atoms with Crippen LogP contribution in [0.4, 0.5) is 0 Å². The van der Waals surface area contributed by atoms with E-state index in [4.69, 9.17) is 11.6 Å². The molecule has 0 saturated carbocycles. The van der Waals surface area contributed by atoms with Gasteiger partial charge in [-0.15, -0.1) is 0 Å². The highest BCUT2D eigenvalue weighted by atomic mass is 35.5. The largest absolute Gasteiger partial charge is 0.507 e. The summed E-state index contributed by atoms with van der Waals surface area (Å²) in [6.07, 6.45) is 5.80. The van der Waals surface area contributed by atoms with Gasteiger partial charge in [0.1, 0.15) is 5.76 Å². The summed E-state index contributed by atoms with van der Waals surface area (Å²) in [4.78, 5) is 13.4.